The second kappa shape index (κ2) is 8.26. The van der Waals surface area contributed by atoms with E-state index in [2.05, 4.69) is 78.8 Å². The number of ketones is 1. The van der Waals surface area contributed by atoms with Crippen molar-refractivity contribution >= 4 is 11.4 Å². The Morgan fingerprint density at radius 1 is 0.941 bits per heavy atom. The fourth-order valence-electron chi connectivity index (χ4n) is 6.82. The molecule has 1 fully saturated rings. The predicted molar refractivity (Wildman–Crippen MR) is 141 cm³/mol. The minimum absolute atomic E-state index is 0.0172. The lowest BCUT2D eigenvalue weighted by Gasteiger charge is -2.30. The normalized spacial score (nSPS) is 29.4. The second-order valence-electron chi connectivity index (χ2n) is 11.6. The van der Waals surface area contributed by atoms with Crippen molar-refractivity contribution in [3.63, 3.8) is 0 Å². The Hall–Kier alpha value is -2.61. The largest absolute Gasteiger partial charge is 0.506 e. The molecule has 0 spiro atoms. The first-order chi connectivity index (χ1) is 16.1. The highest BCUT2D eigenvalue weighted by molar-refractivity contribution is 6.40. The number of carbonyl (C=O) groups is 1. The number of hydrogen-bond donors (Lipinski definition) is 1. The van der Waals surface area contributed by atoms with E-state index in [0.29, 0.717) is 40.7 Å². The molecule has 1 N–H and O–H groups in total. The van der Waals surface area contributed by atoms with Crippen LogP contribution in [-0.2, 0) is 4.79 Å². The van der Waals surface area contributed by atoms with Gasteiger partial charge in [0, 0.05) is 0 Å². The standard InChI is InChI=1S/C32H38O2/c1-16(2)22-11-10-19(5)28-24(15-22)21(7)14-26(28)30-31(33)29(32(30)34)25-13-20(6)23-12-17(3)8-9-18(4)27(23)25/h10-11,13-18,23,27,33H,8-9,12H2,1-7H3/b29-25-. The number of carbonyl (C=O) groups excluding carboxylic acids is 1. The summed E-state index contributed by atoms with van der Waals surface area (Å²) in [5.41, 5.74) is 10.3. The molecule has 0 bridgehead atoms. The second-order valence-corrected chi connectivity index (χ2v) is 11.6. The Balaban J connectivity index is 1.64. The summed E-state index contributed by atoms with van der Waals surface area (Å²) >= 11 is 0. The summed E-state index contributed by atoms with van der Waals surface area (Å²) in [4.78, 5) is 13.7. The number of allylic oxidation sites excluding steroid dienone is 5. The van der Waals surface area contributed by atoms with Gasteiger partial charge in [-0.25, -0.2) is 0 Å². The first-order valence-corrected chi connectivity index (χ1v) is 13.0. The molecule has 34 heavy (non-hydrogen) atoms. The first kappa shape index (κ1) is 23.1. The topological polar surface area (TPSA) is 37.3 Å². The summed E-state index contributed by atoms with van der Waals surface area (Å²) in [6.07, 6.45) is 5.84. The van der Waals surface area contributed by atoms with E-state index in [-0.39, 0.29) is 11.5 Å². The van der Waals surface area contributed by atoms with E-state index < -0.39 is 0 Å². The van der Waals surface area contributed by atoms with Gasteiger partial charge in [-0.15, -0.1) is 0 Å². The molecular weight excluding hydrogens is 416 g/mol. The third-order valence-electron chi connectivity index (χ3n) is 8.85. The van der Waals surface area contributed by atoms with Crippen LogP contribution in [-0.4, -0.2) is 10.9 Å². The number of hydrogen-bond acceptors (Lipinski definition) is 2. The fourth-order valence-corrected chi connectivity index (χ4v) is 6.82. The molecule has 4 atom stereocenters. The maximum absolute atomic E-state index is 13.7. The number of fused-ring (bicyclic) bond motifs is 2. The zero-order chi connectivity index (χ0) is 24.5. The molecule has 1 saturated carbocycles. The molecule has 0 aliphatic heterocycles. The van der Waals surface area contributed by atoms with Crippen LogP contribution >= 0.6 is 0 Å². The lowest BCUT2D eigenvalue weighted by Crippen LogP contribution is -2.27. The number of Topliss-reactive ketones (excluding diaryl/α,β-unsaturated/α-hetero) is 1. The van der Waals surface area contributed by atoms with Gasteiger partial charge in [0.15, 0.2) is 0 Å². The van der Waals surface area contributed by atoms with Gasteiger partial charge in [0.05, 0.1) is 11.1 Å². The molecule has 0 amide bonds. The summed E-state index contributed by atoms with van der Waals surface area (Å²) < 4.78 is 0. The summed E-state index contributed by atoms with van der Waals surface area (Å²) in [6, 6.07) is 8.70. The lowest BCUT2D eigenvalue weighted by atomic mass is 9.73. The van der Waals surface area contributed by atoms with Gasteiger partial charge in [0.25, 0.3) is 0 Å². The summed E-state index contributed by atoms with van der Waals surface area (Å²) in [5, 5.41) is 11.4. The van der Waals surface area contributed by atoms with Crippen LogP contribution in [0.1, 0.15) is 82.1 Å². The first-order valence-electron chi connectivity index (χ1n) is 13.0. The Morgan fingerprint density at radius 3 is 2.35 bits per heavy atom. The molecule has 0 aromatic heterocycles. The van der Waals surface area contributed by atoms with Gasteiger partial charge >= 0.3 is 0 Å². The summed E-state index contributed by atoms with van der Waals surface area (Å²) in [6.45, 7) is 15.5. The maximum Gasteiger partial charge on any atom is 0.201 e. The molecule has 0 heterocycles. The summed E-state index contributed by atoms with van der Waals surface area (Å²) in [5.74, 6) is 2.72. The molecule has 5 rings (SSSR count). The van der Waals surface area contributed by atoms with Crippen molar-refractivity contribution in [2.75, 3.05) is 0 Å². The lowest BCUT2D eigenvalue weighted by molar-refractivity contribution is -0.111. The van der Waals surface area contributed by atoms with Gasteiger partial charge in [-0.3, -0.25) is 4.79 Å². The summed E-state index contributed by atoms with van der Waals surface area (Å²) in [7, 11) is 0. The van der Waals surface area contributed by atoms with Crippen molar-refractivity contribution in [2.24, 2.45) is 23.7 Å². The molecule has 0 aromatic carbocycles. The zero-order valence-electron chi connectivity index (χ0n) is 21.8. The van der Waals surface area contributed by atoms with Gasteiger partial charge < -0.3 is 5.11 Å². The van der Waals surface area contributed by atoms with E-state index in [4.69, 9.17) is 0 Å². The number of aliphatic hydroxyl groups is 1. The molecule has 0 radical (unpaired) electrons. The van der Waals surface area contributed by atoms with Crippen LogP contribution in [0.25, 0.3) is 16.7 Å². The molecule has 5 aliphatic carbocycles. The minimum atomic E-state index is 0.0172. The zero-order valence-corrected chi connectivity index (χ0v) is 21.8. The molecule has 0 saturated heterocycles. The highest BCUT2D eigenvalue weighted by atomic mass is 16.3. The van der Waals surface area contributed by atoms with Crippen LogP contribution in [0.5, 0.6) is 0 Å². The monoisotopic (exact) mass is 454 g/mol. The van der Waals surface area contributed by atoms with E-state index >= 15 is 0 Å². The predicted octanol–water partition coefficient (Wildman–Crippen LogP) is 8.33. The van der Waals surface area contributed by atoms with Crippen molar-refractivity contribution in [2.45, 2.75) is 73.6 Å². The van der Waals surface area contributed by atoms with Gasteiger partial charge in [0.2, 0.25) is 5.78 Å². The van der Waals surface area contributed by atoms with Gasteiger partial charge in [-0.2, -0.15) is 0 Å². The highest BCUT2D eigenvalue weighted by Gasteiger charge is 2.45. The number of aryl methyl sites for hydroxylation is 2. The molecule has 2 nitrogen and oxygen atoms in total. The van der Waals surface area contributed by atoms with Gasteiger partial charge in [-0.05, 0) is 108 Å². The molecule has 2 heteroatoms. The quantitative estimate of drug-likeness (QED) is 0.463. The van der Waals surface area contributed by atoms with E-state index in [0.717, 1.165) is 27.8 Å². The van der Waals surface area contributed by atoms with Crippen molar-refractivity contribution < 1.29 is 9.90 Å². The van der Waals surface area contributed by atoms with Crippen LogP contribution in [0.4, 0.5) is 0 Å². The minimum Gasteiger partial charge on any atom is -0.506 e. The van der Waals surface area contributed by atoms with Crippen molar-refractivity contribution in [1.82, 2.24) is 0 Å². The van der Waals surface area contributed by atoms with Crippen LogP contribution in [0.15, 0.2) is 52.8 Å². The van der Waals surface area contributed by atoms with Gasteiger partial charge in [0.1, 0.15) is 5.76 Å². The van der Waals surface area contributed by atoms with Crippen LogP contribution in [0.3, 0.4) is 0 Å². The van der Waals surface area contributed by atoms with Crippen molar-refractivity contribution in [1.29, 1.82) is 0 Å². The smallest absolute Gasteiger partial charge is 0.201 e. The Morgan fingerprint density at radius 2 is 1.68 bits per heavy atom. The molecule has 178 valence electrons. The van der Waals surface area contributed by atoms with Crippen LogP contribution in [0, 0.1) is 37.5 Å². The molecule has 5 aliphatic rings. The van der Waals surface area contributed by atoms with Crippen LogP contribution in [0.2, 0.25) is 0 Å². The highest BCUT2D eigenvalue weighted by Crippen LogP contribution is 2.53. The third kappa shape index (κ3) is 3.41. The molecule has 0 aromatic rings. The Labute approximate surface area is 204 Å². The van der Waals surface area contributed by atoms with E-state index in [1.807, 2.05) is 0 Å². The Bertz CT molecular complexity index is 1250. The number of aliphatic hydroxyl groups excluding tert-OH is 1. The van der Waals surface area contributed by atoms with Crippen molar-refractivity contribution in [3.8, 4) is 11.1 Å². The molecule has 4 unspecified atom stereocenters. The van der Waals surface area contributed by atoms with E-state index in [1.54, 1.807) is 0 Å². The Kier molecular flexibility index (Phi) is 5.62. The average molecular weight is 455 g/mol. The average Bonchev–Trinajstić information content (AvgIpc) is 3.09. The van der Waals surface area contributed by atoms with Crippen molar-refractivity contribution in [3.05, 3.63) is 75.1 Å². The van der Waals surface area contributed by atoms with E-state index in [1.165, 1.54) is 36.0 Å². The van der Waals surface area contributed by atoms with Gasteiger partial charge in [-0.1, -0.05) is 64.0 Å². The van der Waals surface area contributed by atoms with Crippen LogP contribution < -0.4 is 0 Å². The fraction of sp³-hybridized carbons (Fsp3) is 0.469. The van der Waals surface area contributed by atoms with E-state index in [9.17, 15) is 9.90 Å². The molecular formula is C32H38O2. The third-order valence-corrected chi connectivity index (χ3v) is 8.85. The SMILES string of the molecule is CC1=C/C(=C2/C(=O)C(c3cc(C)c4cc(C(C)C)ccc(C)c3-4)=C2O)C2C(C)CCC(C)CC12. The number of rotatable bonds is 2. The maximum atomic E-state index is 13.7.